The smallest absolute Gasteiger partial charge is 0.338 e. The van der Waals surface area contributed by atoms with Crippen molar-refractivity contribution in [1.29, 1.82) is 0 Å². The fraction of sp³-hybridized carbons (Fsp3) is 0.368. The highest BCUT2D eigenvalue weighted by Crippen LogP contribution is 2.23. The number of benzene rings is 1. The van der Waals surface area contributed by atoms with Crippen LogP contribution in [-0.4, -0.2) is 48.0 Å². The minimum absolute atomic E-state index is 0.0295. The molecule has 2 heterocycles. The Labute approximate surface area is 171 Å². The van der Waals surface area contributed by atoms with Crippen molar-refractivity contribution in [2.24, 2.45) is 0 Å². The van der Waals surface area contributed by atoms with E-state index in [2.05, 4.69) is 15.6 Å². The zero-order valence-corrected chi connectivity index (χ0v) is 16.8. The van der Waals surface area contributed by atoms with Crippen LogP contribution in [0.1, 0.15) is 20.3 Å². The van der Waals surface area contributed by atoms with Crippen molar-refractivity contribution in [3.8, 4) is 0 Å². The summed E-state index contributed by atoms with van der Waals surface area (Å²) in [7, 11) is 0. The van der Waals surface area contributed by atoms with Crippen LogP contribution in [0, 0.1) is 0 Å². The van der Waals surface area contributed by atoms with Gasteiger partial charge in [-0.05, 0) is 25.5 Å². The van der Waals surface area contributed by atoms with Gasteiger partial charge in [0.2, 0.25) is 0 Å². The Hall–Kier alpha value is -3.01. The Morgan fingerprint density at radius 1 is 1.24 bits per heavy atom. The van der Waals surface area contributed by atoms with Gasteiger partial charge in [-0.25, -0.2) is 14.6 Å². The van der Waals surface area contributed by atoms with Crippen LogP contribution in [0.25, 0.3) is 11.1 Å². The number of nitrogens with zero attached hydrogens (tertiary/aromatic N) is 1. The molecular weight excluding hydrogens is 398 g/mol. The van der Waals surface area contributed by atoms with Crippen LogP contribution >= 0.6 is 11.8 Å². The maximum atomic E-state index is 12.3. The summed E-state index contributed by atoms with van der Waals surface area (Å²) in [5, 5.41) is 5.55. The molecule has 1 aliphatic heterocycles. The third kappa shape index (κ3) is 5.08. The molecule has 1 aromatic carbocycles. The molecule has 0 unspecified atom stereocenters. The number of amides is 2. The molecule has 2 N–H and O–H groups in total. The molecule has 2 amide bonds. The monoisotopic (exact) mass is 419 g/mol. The molecule has 0 aliphatic carbocycles. The second kappa shape index (κ2) is 9.46. The number of hydrogen-bond donors (Lipinski definition) is 2. The van der Waals surface area contributed by atoms with Gasteiger partial charge in [-0.2, -0.15) is 0 Å². The van der Waals surface area contributed by atoms with Crippen molar-refractivity contribution in [2.75, 3.05) is 19.0 Å². The van der Waals surface area contributed by atoms with Gasteiger partial charge in [0.25, 0.3) is 5.22 Å². The van der Waals surface area contributed by atoms with Crippen molar-refractivity contribution in [1.82, 2.24) is 15.6 Å². The van der Waals surface area contributed by atoms with Gasteiger partial charge < -0.3 is 24.5 Å². The van der Waals surface area contributed by atoms with E-state index in [1.807, 2.05) is 25.1 Å². The van der Waals surface area contributed by atoms with Crippen molar-refractivity contribution in [2.45, 2.75) is 31.5 Å². The van der Waals surface area contributed by atoms with Gasteiger partial charge in [0.15, 0.2) is 5.58 Å². The van der Waals surface area contributed by atoms with Gasteiger partial charge in [0.05, 0.1) is 23.9 Å². The molecule has 29 heavy (non-hydrogen) atoms. The Kier molecular flexibility index (Phi) is 6.76. The summed E-state index contributed by atoms with van der Waals surface area (Å²) in [6.45, 7) is 3.47. The van der Waals surface area contributed by atoms with E-state index >= 15 is 0 Å². The maximum absolute atomic E-state index is 12.3. The molecule has 0 saturated heterocycles. The van der Waals surface area contributed by atoms with Crippen LogP contribution in [0.3, 0.4) is 0 Å². The Bertz CT molecular complexity index is 921. The van der Waals surface area contributed by atoms with E-state index in [9.17, 15) is 14.4 Å². The second-order valence-electron chi connectivity index (χ2n) is 6.07. The molecule has 0 radical (unpaired) electrons. The Morgan fingerprint density at radius 2 is 2.03 bits per heavy atom. The van der Waals surface area contributed by atoms with Crippen molar-refractivity contribution in [3.63, 3.8) is 0 Å². The van der Waals surface area contributed by atoms with Gasteiger partial charge >= 0.3 is 18.0 Å². The van der Waals surface area contributed by atoms with Crippen molar-refractivity contribution in [3.05, 3.63) is 35.5 Å². The predicted molar refractivity (Wildman–Crippen MR) is 105 cm³/mol. The zero-order chi connectivity index (χ0) is 20.8. The molecule has 1 aromatic heterocycles. The molecule has 3 rings (SSSR count). The van der Waals surface area contributed by atoms with E-state index < -0.39 is 24.0 Å². The van der Waals surface area contributed by atoms with Crippen LogP contribution in [0.15, 0.2) is 45.2 Å². The second-order valence-corrected chi connectivity index (χ2v) is 7.00. The molecule has 0 bridgehead atoms. The summed E-state index contributed by atoms with van der Waals surface area (Å²) >= 11 is 1.10. The number of oxazole rings is 1. The lowest BCUT2D eigenvalue weighted by Crippen LogP contribution is -2.51. The molecule has 0 saturated carbocycles. The molecule has 1 aliphatic rings. The fourth-order valence-electron chi connectivity index (χ4n) is 2.80. The van der Waals surface area contributed by atoms with Crippen LogP contribution < -0.4 is 10.6 Å². The van der Waals surface area contributed by atoms with Gasteiger partial charge in [-0.3, -0.25) is 4.79 Å². The standard InChI is InChI=1S/C19H21N3O6S/c1-3-11-16(17(24)26-4-2)13(21-18(25)20-11)9-27-15(23)10-29-19-22-12-7-5-6-8-14(12)28-19/h5-8,11H,3-4,9-10H2,1-2H3,(H2,20,21,25)/t11-/m0/s1. The van der Waals surface area contributed by atoms with E-state index in [-0.39, 0.29) is 30.2 Å². The number of rotatable bonds is 8. The number of esters is 2. The first-order valence-corrected chi connectivity index (χ1v) is 10.1. The topological polar surface area (TPSA) is 120 Å². The van der Waals surface area contributed by atoms with E-state index in [1.165, 1.54) is 0 Å². The van der Waals surface area contributed by atoms with Crippen molar-refractivity contribution < 1.29 is 28.3 Å². The zero-order valence-electron chi connectivity index (χ0n) is 16.0. The maximum Gasteiger partial charge on any atom is 0.338 e. The van der Waals surface area contributed by atoms with E-state index in [1.54, 1.807) is 13.0 Å². The summed E-state index contributed by atoms with van der Waals surface area (Å²) in [5.74, 6) is -1.12. The van der Waals surface area contributed by atoms with Crippen LogP contribution in [0.2, 0.25) is 0 Å². The molecule has 9 nitrogen and oxygen atoms in total. The normalized spacial score (nSPS) is 16.3. The molecule has 154 valence electrons. The van der Waals surface area contributed by atoms with Gasteiger partial charge in [0, 0.05) is 0 Å². The van der Waals surface area contributed by atoms with Crippen LogP contribution in [0.4, 0.5) is 4.79 Å². The number of ether oxygens (including phenoxy) is 2. The Balaban J connectivity index is 1.62. The average Bonchev–Trinajstić information content (AvgIpc) is 3.13. The number of hydrogen-bond acceptors (Lipinski definition) is 8. The number of nitrogens with one attached hydrogen (secondary N) is 2. The highest BCUT2D eigenvalue weighted by molar-refractivity contribution is 7.99. The SMILES string of the molecule is CCOC(=O)C1=C(COC(=O)CSc2nc3ccccc3o2)NC(=O)N[C@H]1CC. The minimum atomic E-state index is -0.557. The Morgan fingerprint density at radius 3 is 2.76 bits per heavy atom. The van der Waals surface area contributed by atoms with Gasteiger partial charge in [0.1, 0.15) is 17.9 Å². The lowest BCUT2D eigenvalue weighted by atomic mass is 10.0. The number of aromatic nitrogens is 1. The number of carbonyl (C=O) groups is 3. The van der Waals surface area contributed by atoms with Crippen LogP contribution in [0.5, 0.6) is 0 Å². The summed E-state index contributed by atoms with van der Waals surface area (Å²) in [4.78, 5) is 40.5. The minimum Gasteiger partial charge on any atom is -0.463 e. The number of para-hydroxylation sites is 2. The number of urea groups is 1. The first-order valence-electron chi connectivity index (χ1n) is 9.13. The summed E-state index contributed by atoms with van der Waals surface area (Å²) < 4.78 is 15.8. The third-order valence-electron chi connectivity index (χ3n) is 4.11. The van der Waals surface area contributed by atoms with Gasteiger partial charge in [-0.1, -0.05) is 30.8 Å². The summed E-state index contributed by atoms with van der Waals surface area (Å²) in [5.41, 5.74) is 1.82. The number of carbonyl (C=O) groups excluding carboxylic acids is 3. The fourth-order valence-corrected chi connectivity index (χ4v) is 3.44. The van der Waals surface area contributed by atoms with E-state index in [4.69, 9.17) is 13.9 Å². The number of fused-ring (bicyclic) bond motifs is 1. The molecular formula is C19H21N3O6S. The highest BCUT2D eigenvalue weighted by Gasteiger charge is 2.32. The average molecular weight is 419 g/mol. The van der Waals surface area contributed by atoms with Crippen molar-refractivity contribution >= 4 is 40.8 Å². The summed E-state index contributed by atoms with van der Waals surface area (Å²) in [6, 6.07) is 6.32. The molecule has 0 spiro atoms. The van der Waals surface area contributed by atoms with E-state index in [0.717, 1.165) is 11.8 Å². The predicted octanol–water partition coefficient (Wildman–Crippen LogP) is 2.37. The number of thioether (sulfide) groups is 1. The van der Waals surface area contributed by atoms with Crippen LogP contribution in [-0.2, 0) is 19.1 Å². The first kappa shape index (κ1) is 20.7. The molecule has 1 atom stereocenters. The summed E-state index contributed by atoms with van der Waals surface area (Å²) in [6.07, 6.45) is 0.493. The van der Waals surface area contributed by atoms with Gasteiger partial charge in [-0.15, -0.1) is 0 Å². The highest BCUT2D eigenvalue weighted by atomic mass is 32.2. The lowest BCUT2D eigenvalue weighted by molar-refractivity contribution is -0.141. The molecule has 10 heteroatoms. The first-order chi connectivity index (χ1) is 14.0. The molecule has 2 aromatic rings. The van der Waals surface area contributed by atoms with E-state index in [0.29, 0.717) is 22.7 Å². The lowest BCUT2D eigenvalue weighted by Gasteiger charge is -2.28. The quantitative estimate of drug-likeness (QED) is 0.494. The largest absolute Gasteiger partial charge is 0.463 e. The third-order valence-corrected chi connectivity index (χ3v) is 4.91. The molecule has 0 fully saturated rings.